The molecule has 0 atom stereocenters. The lowest BCUT2D eigenvalue weighted by Gasteiger charge is -2.03. The van der Waals surface area contributed by atoms with Crippen molar-refractivity contribution in [1.29, 1.82) is 0 Å². The predicted molar refractivity (Wildman–Crippen MR) is 34.6 cm³/mol. The first-order valence-electron chi connectivity index (χ1n) is 2.63. The van der Waals surface area contributed by atoms with Crippen LogP contribution in [0.4, 0.5) is 17.6 Å². The maximum absolute atomic E-state index is 12.1. The summed E-state index contributed by atoms with van der Waals surface area (Å²) < 4.78 is 46.9. The molecule has 0 saturated heterocycles. The van der Waals surface area contributed by atoms with Crippen molar-refractivity contribution in [2.45, 2.75) is 6.18 Å². The van der Waals surface area contributed by atoms with Crippen LogP contribution in [-0.2, 0) is 0 Å². The van der Waals surface area contributed by atoms with Gasteiger partial charge in [0, 0.05) is 0 Å². The van der Waals surface area contributed by atoms with Crippen molar-refractivity contribution >= 4 is 0 Å². The number of alkyl halides is 3. The van der Waals surface area contributed by atoms with Crippen LogP contribution in [0.1, 0.15) is 0 Å². The Balaban J connectivity index is 4.42. The molecule has 0 unspecified atom stereocenters. The predicted octanol–water partition coefficient (Wildman–Crippen LogP) is 3.14. The lowest BCUT2D eigenvalue weighted by atomic mass is 10.2. The van der Waals surface area contributed by atoms with Gasteiger partial charge in [0.25, 0.3) is 0 Å². The third-order valence-corrected chi connectivity index (χ3v) is 0.871. The fourth-order valence-electron chi connectivity index (χ4n) is 0.307. The van der Waals surface area contributed by atoms with E-state index in [4.69, 9.17) is 0 Å². The summed E-state index contributed by atoms with van der Waals surface area (Å²) in [7, 11) is 0. The second-order valence-electron chi connectivity index (χ2n) is 1.76. The number of hydrogen-bond donors (Lipinski definition) is 0. The largest absolute Gasteiger partial charge is 0.415 e. The first kappa shape index (κ1) is 9.94. The van der Waals surface area contributed by atoms with Crippen LogP contribution < -0.4 is 0 Å². The number of hydrogen-bond acceptors (Lipinski definition) is 0. The fraction of sp³-hybridized carbons (Fsp3) is 0.143. The highest BCUT2D eigenvalue weighted by Gasteiger charge is 2.30. The second-order valence-corrected chi connectivity index (χ2v) is 1.76. The van der Waals surface area contributed by atoms with E-state index in [-0.39, 0.29) is 6.08 Å². The SMILES string of the molecule is C=C/C(F)=C\C(=C)C(F)(F)F. The van der Waals surface area contributed by atoms with Gasteiger partial charge >= 0.3 is 6.18 Å². The lowest BCUT2D eigenvalue weighted by molar-refractivity contribution is -0.0879. The van der Waals surface area contributed by atoms with E-state index in [1.54, 1.807) is 0 Å². The van der Waals surface area contributed by atoms with Gasteiger partial charge in [-0.2, -0.15) is 13.2 Å². The van der Waals surface area contributed by atoms with Crippen LogP contribution in [0.2, 0.25) is 0 Å². The summed E-state index contributed by atoms with van der Waals surface area (Å²) >= 11 is 0. The Morgan fingerprint density at radius 3 is 2.00 bits per heavy atom. The zero-order valence-electron chi connectivity index (χ0n) is 5.58. The van der Waals surface area contributed by atoms with Gasteiger partial charge in [-0.1, -0.05) is 13.2 Å². The van der Waals surface area contributed by atoms with Crippen LogP contribution in [0.5, 0.6) is 0 Å². The van der Waals surface area contributed by atoms with E-state index in [2.05, 4.69) is 13.2 Å². The van der Waals surface area contributed by atoms with Gasteiger partial charge < -0.3 is 0 Å². The molecule has 0 aromatic heterocycles. The zero-order chi connectivity index (χ0) is 9.07. The minimum absolute atomic E-state index is 0.285. The Bertz CT molecular complexity index is 197. The number of halogens is 4. The maximum Gasteiger partial charge on any atom is 0.415 e. The number of allylic oxidation sites excluding steroid dienone is 4. The van der Waals surface area contributed by atoms with Gasteiger partial charge in [0.1, 0.15) is 5.83 Å². The molecule has 0 aromatic carbocycles. The Hall–Kier alpha value is -1.06. The molecule has 0 bridgehead atoms. The topological polar surface area (TPSA) is 0 Å². The Labute approximate surface area is 61.5 Å². The van der Waals surface area contributed by atoms with Gasteiger partial charge in [0.05, 0.1) is 5.57 Å². The first-order valence-corrected chi connectivity index (χ1v) is 2.63. The van der Waals surface area contributed by atoms with Crippen molar-refractivity contribution in [3.8, 4) is 0 Å². The van der Waals surface area contributed by atoms with E-state index in [0.717, 1.165) is 0 Å². The normalized spacial score (nSPS) is 12.9. The molecule has 0 aromatic rings. The van der Waals surface area contributed by atoms with Crippen molar-refractivity contribution in [1.82, 2.24) is 0 Å². The molecule has 0 heterocycles. The highest BCUT2D eigenvalue weighted by atomic mass is 19.4. The van der Waals surface area contributed by atoms with Crippen LogP contribution >= 0.6 is 0 Å². The van der Waals surface area contributed by atoms with E-state index >= 15 is 0 Å². The quantitative estimate of drug-likeness (QED) is 0.436. The third kappa shape index (κ3) is 3.60. The maximum atomic E-state index is 12.1. The van der Waals surface area contributed by atoms with Gasteiger partial charge in [0.2, 0.25) is 0 Å². The molecule has 0 amide bonds. The van der Waals surface area contributed by atoms with Crippen LogP contribution in [-0.4, -0.2) is 6.18 Å². The molecule has 0 rings (SSSR count). The first-order chi connectivity index (χ1) is 4.88. The molecular weight excluding hydrogens is 160 g/mol. The Kier molecular flexibility index (Phi) is 3.04. The van der Waals surface area contributed by atoms with Gasteiger partial charge in [0.15, 0.2) is 0 Å². The highest BCUT2D eigenvalue weighted by Crippen LogP contribution is 2.25. The smallest absolute Gasteiger partial charge is 0.207 e. The molecule has 62 valence electrons. The average Bonchev–Trinajstić information content (AvgIpc) is 1.85. The van der Waals surface area contributed by atoms with Crippen LogP contribution in [0.25, 0.3) is 0 Å². The highest BCUT2D eigenvalue weighted by molar-refractivity contribution is 5.26. The van der Waals surface area contributed by atoms with Crippen molar-refractivity contribution in [3.63, 3.8) is 0 Å². The molecule has 0 fully saturated rings. The van der Waals surface area contributed by atoms with Crippen LogP contribution in [0.3, 0.4) is 0 Å². The average molecular weight is 166 g/mol. The summed E-state index contributed by atoms with van der Waals surface area (Å²) in [6, 6.07) is 0. The second kappa shape index (κ2) is 3.37. The Morgan fingerprint density at radius 2 is 1.73 bits per heavy atom. The molecule has 0 spiro atoms. The molecule has 0 nitrogen and oxygen atoms in total. The summed E-state index contributed by atoms with van der Waals surface area (Å²) in [4.78, 5) is 0. The summed E-state index contributed by atoms with van der Waals surface area (Å²) in [5, 5.41) is 0. The van der Waals surface area contributed by atoms with E-state index in [0.29, 0.717) is 6.08 Å². The van der Waals surface area contributed by atoms with E-state index in [1.807, 2.05) is 0 Å². The monoisotopic (exact) mass is 166 g/mol. The van der Waals surface area contributed by atoms with Crippen molar-refractivity contribution in [2.24, 2.45) is 0 Å². The minimum atomic E-state index is -4.57. The standard InChI is InChI=1S/C7H6F4/c1-3-6(8)4-5(2)7(9,10)11/h3-4H,1-2H2/b6-4+. The molecular formula is C7H6F4. The van der Waals surface area contributed by atoms with Crippen LogP contribution in [0, 0.1) is 0 Å². The van der Waals surface area contributed by atoms with E-state index in [1.165, 1.54) is 0 Å². The Morgan fingerprint density at radius 1 is 1.27 bits per heavy atom. The molecule has 0 aliphatic heterocycles. The van der Waals surface area contributed by atoms with Crippen molar-refractivity contribution in [3.05, 3.63) is 36.7 Å². The molecule has 11 heavy (non-hydrogen) atoms. The van der Waals surface area contributed by atoms with Crippen molar-refractivity contribution in [2.75, 3.05) is 0 Å². The molecule has 0 aliphatic carbocycles. The molecule has 0 aliphatic rings. The summed E-state index contributed by atoms with van der Waals surface area (Å²) in [5.74, 6) is -1.05. The molecule has 0 N–H and O–H groups in total. The third-order valence-electron chi connectivity index (χ3n) is 0.871. The van der Waals surface area contributed by atoms with Crippen molar-refractivity contribution < 1.29 is 17.6 Å². The van der Waals surface area contributed by atoms with Gasteiger partial charge in [-0.3, -0.25) is 0 Å². The molecule has 0 saturated carbocycles. The van der Waals surface area contributed by atoms with Gasteiger partial charge in [-0.15, -0.1) is 0 Å². The minimum Gasteiger partial charge on any atom is -0.207 e. The van der Waals surface area contributed by atoms with Gasteiger partial charge in [-0.05, 0) is 12.2 Å². The number of rotatable bonds is 2. The summed E-state index contributed by atoms with van der Waals surface area (Å²) in [5.41, 5.74) is -1.23. The van der Waals surface area contributed by atoms with E-state index in [9.17, 15) is 17.6 Å². The molecule has 4 heteroatoms. The molecule has 0 radical (unpaired) electrons. The summed E-state index contributed by atoms with van der Waals surface area (Å²) in [6.07, 6.45) is -3.61. The van der Waals surface area contributed by atoms with Crippen LogP contribution in [0.15, 0.2) is 36.7 Å². The van der Waals surface area contributed by atoms with E-state index < -0.39 is 17.6 Å². The lowest BCUT2D eigenvalue weighted by Crippen LogP contribution is -2.08. The fourth-order valence-corrected chi connectivity index (χ4v) is 0.307. The summed E-state index contributed by atoms with van der Waals surface area (Å²) in [6.45, 7) is 5.57. The van der Waals surface area contributed by atoms with Gasteiger partial charge in [-0.25, -0.2) is 4.39 Å². The zero-order valence-corrected chi connectivity index (χ0v) is 5.58.